The van der Waals surface area contributed by atoms with Gasteiger partial charge in [-0.05, 0) is 42.5 Å². The highest BCUT2D eigenvalue weighted by atomic mass is 79.9. The van der Waals surface area contributed by atoms with Crippen LogP contribution >= 0.6 is 27.5 Å². The van der Waals surface area contributed by atoms with Gasteiger partial charge in [0.15, 0.2) is 5.84 Å². The van der Waals surface area contributed by atoms with Crippen LogP contribution in [0.15, 0.2) is 81.3 Å². The number of hydrogen-bond acceptors (Lipinski definition) is 3. The predicted octanol–water partition coefficient (Wildman–Crippen LogP) is 5.68. The fourth-order valence-corrected chi connectivity index (χ4v) is 3.06. The highest BCUT2D eigenvalue weighted by molar-refractivity contribution is 9.10. The summed E-state index contributed by atoms with van der Waals surface area (Å²) in [6, 6.07) is 19.5. The molecule has 3 nitrogen and oxygen atoms in total. The third kappa shape index (κ3) is 3.41. The molecule has 0 saturated carbocycles. The van der Waals surface area contributed by atoms with E-state index in [4.69, 9.17) is 11.6 Å². The molecule has 3 aromatic rings. The van der Waals surface area contributed by atoms with Crippen molar-refractivity contribution >= 4 is 44.8 Å². The molecule has 128 valence electrons. The maximum atomic E-state index is 13.9. The van der Waals surface area contributed by atoms with E-state index in [9.17, 15) is 4.39 Å². The molecule has 0 radical (unpaired) electrons. The molecule has 1 aliphatic rings. The standard InChI is InChI=1S/C20H12BrClFN3/c21-14-5-1-13(2-6-14)20-24-18-10-9-16(23)11-17(18)19(25-26-20)12-3-7-15(22)8-4-12/h1-11H,(H,24,26). The number of benzene rings is 3. The Labute approximate surface area is 163 Å². The lowest BCUT2D eigenvalue weighted by atomic mass is 10.0. The average Bonchev–Trinajstić information content (AvgIpc) is 2.83. The lowest BCUT2D eigenvalue weighted by molar-refractivity contribution is 0.627. The molecule has 3 aromatic carbocycles. The van der Waals surface area contributed by atoms with Gasteiger partial charge in [-0.3, -0.25) is 5.43 Å². The quantitative estimate of drug-likeness (QED) is 0.560. The molecule has 0 aromatic heterocycles. The number of nitrogens with zero attached hydrogens (tertiary/aromatic N) is 2. The second-order valence-electron chi connectivity index (χ2n) is 5.71. The van der Waals surface area contributed by atoms with Crippen molar-refractivity contribution in [2.24, 2.45) is 10.1 Å². The second kappa shape index (κ2) is 7.02. The Balaban J connectivity index is 1.85. The Morgan fingerprint density at radius 1 is 0.885 bits per heavy atom. The molecule has 4 rings (SSSR count). The molecule has 0 saturated heterocycles. The predicted molar refractivity (Wildman–Crippen MR) is 107 cm³/mol. The van der Waals surface area contributed by atoms with Gasteiger partial charge in [0.25, 0.3) is 0 Å². The average molecular weight is 429 g/mol. The normalized spacial score (nSPS) is 13.2. The van der Waals surface area contributed by atoms with E-state index in [2.05, 4.69) is 31.4 Å². The Bertz CT molecular complexity index is 1030. The zero-order chi connectivity index (χ0) is 18.1. The van der Waals surface area contributed by atoms with Gasteiger partial charge in [0, 0.05) is 26.2 Å². The van der Waals surface area contributed by atoms with Gasteiger partial charge in [-0.2, -0.15) is 5.10 Å². The molecule has 6 heteroatoms. The lowest BCUT2D eigenvalue weighted by Crippen LogP contribution is -2.19. The Morgan fingerprint density at radius 3 is 2.31 bits per heavy atom. The van der Waals surface area contributed by atoms with Crippen LogP contribution < -0.4 is 5.43 Å². The molecule has 0 spiro atoms. The van der Waals surface area contributed by atoms with Crippen molar-refractivity contribution in [3.8, 4) is 0 Å². The van der Waals surface area contributed by atoms with Crippen LogP contribution in [0.2, 0.25) is 5.02 Å². The van der Waals surface area contributed by atoms with E-state index in [1.807, 2.05) is 36.4 Å². The van der Waals surface area contributed by atoms with Crippen LogP contribution in [-0.2, 0) is 0 Å². The Kier molecular flexibility index (Phi) is 4.57. The summed E-state index contributed by atoms with van der Waals surface area (Å²) in [7, 11) is 0. The minimum Gasteiger partial charge on any atom is -0.260 e. The number of fused-ring (bicyclic) bond motifs is 1. The fraction of sp³-hybridized carbons (Fsp3) is 0. The smallest absolute Gasteiger partial charge is 0.154 e. The molecule has 0 atom stereocenters. The van der Waals surface area contributed by atoms with Gasteiger partial charge in [-0.25, -0.2) is 9.38 Å². The molecule has 26 heavy (non-hydrogen) atoms. The van der Waals surface area contributed by atoms with Gasteiger partial charge < -0.3 is 0 Å². The van der Waals surface area contributed by atoms with E-state index in [0.717, 1.165) is 15.6 Å². The van der Waals surface area contributed by atoms with Crippen LogP contribution in [0.5, 0.6) is 0 Å². The maximum Gasteiger partial charge on any atom is 0.154 e. The number of hydrazone groups is 1. The van der Waals surface area contributed by atoms with Gasteiger partial charge in [-0.1, -0.05) is 51.8 Å². The number of nitrogens with one attached hydrogen (secondary N) is 1. The summed E-state index contributed by atoms with van der Waals surface area (Å²) in [5, 5.41) is 5.13. The third-order valence-electron chi connectivity index (χ3n) is 3.95. The summed E-state index contributed by atoms with van der Waals surface area (Å²) in [4.78, 5) is 4.66. The minimum absolute atomic E-state index is 0.340. The summed E-state index contributed by atoms with van der Waals surface area (Å²) in [5.74, 6) is 0.252. The van der Waals surface area contributed by atoms with Crippen LogP contribution in [0.4, 0.5) is 10.1 Å². The van der Waals surface area contributed by atoms with E-state index >= 15 is 0 Å². The van der Waals surface area contributed by atoms with Gasteiger partial charge in [0.2, 0.25) is 0 Å². The first-order valence-corrected chi connectivity index (χ1v) is 9.01. The molecule has 0 bridgehead atoms. The number of halogens is 3. The van der Waals surface area contributed by atoms with Crippen molar-refractivity contribution < 1.29 is 4.39 Å². The van der Waals surface area contributed by atoms with Crippen LogP contribution in [0.1, 0.15) is 16.7 Å². The second-order valence-corrected chi connectivity index (χ2v) is 7.06. The van der Waals surface area contributed by atoms with Gasteiger partial charge >= 0.3 is 0 Å². The highest BCUT2D eigenvalue weighted by Gasteiger charge is 2.18. The molecular formula is C20H12BrClFN3. The van der Waals surface area contributed by atoms with Crippen molar-refractivity contribution in [2.75, 3.05) is 0 Å². The van der Waals surface area contributed by atoms with Crippen molar-refractivity contribution in [2.45, 2.75) is 0 Å². The maximum absolute atomic E-state index is 13.9. The van der Waals surface area contributed by atoms with Crippen molar-refractivity contribution in [3.63, 3.8) is 0 Å². The Morgan fingerprint density at radius 2 is 1.58 bits per heavy atom. The topological polar surface area (TPSA) is 36.8 Å². The van der Waals surface area contributed by atoms with E-state index < -0.39 is 0 Å². The van der Waals surface area contributed by atoms with E-state index in [-0.39, 0.29) is 5.82 Å². The van der Waals surface area contributed by atoms with Crippen molar-refractivity contribution in [1.82, 2.24) is 5.43 Å². The summed E-state index contributed by atoms with van der Waals surface area (Å²) in [6.45, 7) is 0. The summed E-state index contributed by atoms with van der Waals surface area (Å²) >= 11 is 9.41. The van der Waals surface area contributed by atoms with Crippen LogP contribution in [0.3, 0.4) is 0 Å². The fourth-order valence-electron chi connectivity index (χ4n) is 2.67. The molecule has 1 aliphatic heterocycles. The summed E-state index contributed by atoms with van der Waals surface area (Å²) < 4.78 is 14.9. The van der Waals surface area contributed by atoms with Gasteiger partial charge in [0.05, 0.1) is 5.69 Å². The van der Waals surface area contributed by atoms with Crippen molar-refractivity contribution in [1.29, 1.82) is 0 Å². The van der Waals surface area contributed by atoms with Gasteiger partial charge in [0.1, 0.15) is 11.5 Å². The molecular weight excluding hydrogens is 417 g/mol. The summed E-state index contributed by atoms with van der Waals surface area (Å²) in [5.41, 5.74) is 6.58. The monoisotopic (exact) mass is 427 g/mol. The van der Waals surface area contributed by atoms with Crippen LogP contribution in [0.25, 0.3) is 0 Å². The summed E-state index contributed by atoms with van der Waals surface area (Å²) in [6.07, 6.45) is 0. The van der Waals surface area contributed by atoms with E-state index in [1.54, 1.807) is 18.2 Å². The largest absolute Gasteiger partial charge is 0.260 e. The van der Waals surface area contributed by atoms with Gasteiger partial charge in [-0.15, -0.1) is 0 Å². The third-order valence-corrected chi connectivity index (χ3v) is 4.74. The van der Waals surface area contributed by atoms with Crippen LogP contribution in [-0.4, -0.2) is 11.5 Å². The highest BCUT2D eigenvalue weighted by Crippen LogP contribution is 2.27. The minimum atomic E-state index is -0.340. The number of aliphatic imine (C=N–C) groups is 1. The number of amidine groups is 1. The lowest BCUT2D eigenvalue weighted by Gasteiger charge is -2.08. The number of rotatable bonds is 2. The molecule has 0 aliphatic carbocycles. The number of hydrogen-bond donors (Lipinski definition) is 1. The van der Waals surface area contributed by atoms with Crippen molar-refractivity contribution in [3.05, 3.63) is 98.7 Å². The Hall–Kier alpha value is -2.50. The molecule has 1 heterocycles. The SMILES string of the molecule is Fc1ccc2c(c1)C(c1ccc(Cl)cc1)=NNC(c1ccc(Br)cc1)=N2. The molecule has 1 N–H and O–H groups in total. The van der Waals surface area contributed by atoms with E-state index in [1.165, 1.54) is 12.1 Å². The first-order valence-electron chi connectivity index (χ1n) is 7.84. The first kappa shape index (κ1) is 16.9. The zero-order valence-electron chi connectivity index (χ0n) is 13.4. The first-order chi connectivity index (χ1) is 12.6. The molecule has 0 unspecified atom stereocenters. The van der Waals surface area contributed by atoms with Crippen LogP contribution in [0, 0.1) is 5.82 Å². The van der Waals surface area contributed by atoms with E-state index in [0.29, 0.717) is 27.8 Å². The zero-order valence-corrected chi connectivity index (χ0v) is 15.7. The molecule has 0 amide bonds. The molecule has 0 fully saturated rings.